The summed E-state index contributed by atoms with van der Waals surface area (Å²) in [6.07, 6.45) is 6.74. The Morgan fingerprint density at radius 1 is 1.29 bits per heavy atom. The lowest BCUT2D eigenvalue weighted by Crippen LogP contribution is -2.27. The highest BCUT2D eigenvalue weighted by molar-refractivity contribution is 7.80. The van der Waals surface area contributed by atoms with Crippen molar-refractivity contribution in [2.45, 2.75) is 6.42 Å². The maximum atomic E-state index is 11.8. The van der Waals surface area contributed by atoms with Crippen LogP contribution in [0.15, 0.2) is 54.1 Å². The molecule has 17 heavy (non-hydrogen) atoms. The van der Waals surface area contributed by atoms with Gasteiger partial charge in [0.15, 0.2) is 0 Å². The second-order valence-electron chi connectivity index (χ2n) is 3.80. The van der Waals surface area contributed by atoms with E-state index in [4.69, 9.17) is 12.2 Å². The van der Waals surface area contributed by atoms with Gasteiger partial charge in [-0.05, 0) is 17.7 Å². The number of amides is 1. The minimum atomic E-state index is -0.0659. The molecule has 1 aliphatic carbocycles. The Kier molecular flexibility index (Phi) is 3.83. The van der Waals surface area contributed by atoms with Crippen LogP contribution in [-0.2, 0) is 0 Å². The number of hydrogen-bond donors (Lipinski definition) is 1. The van der Waals surface area contributed by atoms with Gasteiger partial charge in [-0.1, -0.05) is 48.6 Å². The second kappa shape index (κ2) is 5.55. The molecule has 0 saturated heterocycles. The van der Waals surface area contributed by atoms with E-state index in [0.29, 0.717) is 12.1 Å². The van der Waals surface area contributed by atoms with Gasteiger partial charge < -0.3 is 5.32 Å². The zero-order valence-corrected chi connectivity index (χ0v) is 10.2. The van der Waals surface area contributed by atoms with Gasteiger partial charge in [0.1, 0.15) is 0 Å². The van der Waals surface area contributed by atoms with E-state index in [0.717, 1.165) is 16.9 Å². The van der Waals surface area contributed by atoms with Crippen LogP contribution < -0.4 is 5.32 Å². The van der Waals surface area contributed by atoms with E-state index in [1.54, 1.807) is 12.1 Å². The Morgan fingerprint density at radius 2 is 2.06 bits per heavy atom. The molecule has 0 fully saturated rings. The molecular weight excluding hydrogens is 230 g/mol. The highest BCUT2D eigenvalue weighted by atomic mass is 32.1. The van der Waals surface area contributed by atoms with Gasteiger partial charge in [0.05, 0.1) is 0 Å². The number of rotatable bonds is 3. The first kappa shape index (κ1) is 11.7. The zero-order valence-electron chi connectivity index (χ0n) is 9.35. The fraction of sp³-hybridized carbons (Fsp3) is 0.143. The average molecular weight is 243 g/mol. The number of hydrogen-bond acceptors (Lipinski definition) is 2. The summed E-state index contributed by atoms with van der Waals surface area (Å²) < 4.78 is 0. The highest BCUT2D eigenvalue weighted by Crippen LogP contribution is 2.09. The van der Waals surface area contributed by atoms with Crippen molar-refractivity contribution in [3.63, 3.8) is 0 Å². The summed E-state index contributed by atoms with van der Waals surface area (Å²) in [5, 5.41) is 2.87. The van der Waals surface area contributed by atoms with E-state index < -0.39 is 0 Å². The molecule has 0 spiro atoms. The summed E-state index contributed by atoms with van der Waals surface area (Å²) in [6, 6.07) is 9.18. The molecule has 1 aliphatic rings. The van der Waals surface area contributed by atoms with Gasteiger partial charge in [-0.3, -0.25) is 4.79 Å². The first-order valence-electron chi connectivity index (χ1n) is 5.49. The second-order valence-corrected chi connectivity index (χ2v) is 4.29. The normalized spacial score (nSPS) is 14.4. The van der Waals surface area contributed by atoms with Crippen LogP contribution in [0, 0.1) is 0 Å². The fourth-order valence-electron chi connectivity index (χ4n) is 1.61. The van der Waals surface area contributed by atoms with Crippen LogP contribution in [0.25, 0.3) is 0 Å². The summed E-state index contributed by atoms with van der Waals surface area (Å²) in [6.45, 7) is 0.497. The van der Waals surface area contributed by atoms with Crippen molar-refractivity contribution in [2.75, 3.05) is 6.54 Å². The Hall–Kier alpha value is -1.74. The van der Waals surface area contributed by atoms with Gasteiger partial charge in [-0.15, -0.1) is 0 Å². The smallest absolute Gasteiger partial charge is 0.251 e. The molecule has 1 N–H and O–H groups in total. The van der Waals surface area contributed by atoms with Gasteiger partial charge in [-0.2, -0.15) is 0 Å². The molecule has 86 valence electrons. The van der Waals surface area contributed by atoms with E-state index in [1.807, 2.05) is 36.4 Å². The van der Waals surface area contributed by atoms with E-state index in [2.05, 4.69) is 5.32 Å². The van der Waals surface area contributed by atoms with Crippen molar-refractivity contribution < 1.29 is 4.79 Å². The van der Waals surface area contributed by atoms with Crippen LogP contribution in [0.2, 0.25) is 0 Å². The molecule has 0 unspecified atom stereocenters. The third-order valence-corrected chi connectivity index (χ3v) is 3.00. The summed E-state index contributed by atoms with van der Waals surface area (Å²) in [5.74, 6) is -0.0659. The van der Waals surface area contributed by atoms with E-state index >= 15 is 0 Å². The van der Waals surface area contributed by atoms with Crippen molar-refractivity contribution >= 4 is 23.0 Å². The number of carbonyl (C=O) groups is 1. The highest BCUT2D eigenvalue weighted by Gasteiger charge is 2.09. The minimum absolute atomic E-state index is 0.0659. The Morgan fingerprint density at radius 3 is 2.76 bits per heavy atom. The van der Waals surface area contributed by atoms with Gasteiger partial charge >= 0.3 is 0 Å². The number of benzene rings is 1. The SMILES string of the molecule is O=C(NCC1=CC=CCC1=S)c1ccccc1. The van der Waals surface area contributed by atoms with Gasteiger partial charge in [0, 0.05) is 23.4 Å². The molecule has 0 atom stereocenters. The van der Waals surface area contributed by atoms with Gasteiger partial charge in [0.25, 0.3) is 5.91 Å². The molecule has 0 heterocycles. The number of nitrogens with one attached hydrogen (secondary N) is 1. The quantitative estimate of drug-likeness (QED) is 0.827. The average Bonchev–Trinajstić information content (AvgIpc) is 2.38. The number of carbonyl (C=O) groups excluding carboxylic acids is 1. The van der Waals surface area contributed by atoms with Crippen LogP contribution in [0.3, 0.4) is 0 Å². The van der Waals surface area contributed by atoms with Crippen molar-refractivity contribution in [3.05, 3.63) is 59.7 Å². The first-order valence-corrected chi connectivity index (χ1v) is 5.90. The summed E-state index contributed by atoms with van der Waals surface area (Å²) in [5.41, 5.74) is 1.69. The molecular formula is C14H13NOS. The van der Waals surface area contributed by atoms with Crippen LogP contribution in [0.1, 0.15) is 16.8 Å². The Labute approximate surface area is 106 Å². The molecule has 2 rings (SSSR count). The molecule has 1 aromatic carbocycles. The van der Waals surface area contributed by atoms with Crippen molar-refractivity contribution in [1.82, 2.24) is 5.32 Å². The summed E-state index contributed by atoms with van der Waals surface area (Å²) >= 11 is 5.22. The maximum Gasteiger partial charge on any atom is 0.251 e. The fourth-order valence-corrected chi connectivity index (χ4v) is 1.84. The molecule has 3 heteroatoms. The van der Waals surface area contributed by atoms with E-state index in [1.165, 1.54) is 0 Å². The lowest BCUT2D eigenvalue weighted by Gasteiger charge is -2.11. The largest absolute Gasteiger partial charge is 0.348 e. The lowest BCUT2D eigenvalue weighted by atomic mass is 10.0. The molecule has 0 radical (unpaired) electrons. The maximum absolute atomic E-state index is 11.8. The molecule has 2 nitrogen and oxygen atoms in total. The third kappa shape index (κ3) is 3.11. The number of thiocarbonyl (C=S) groups is 1. The predicted octanol–water partition coefficient (Wildman–Crippen LogP) is 2.67. The number of allylic oxidation sites excluding steroid dienone is 3. The van der Waals surface area contributed by atoms with Crippen molar-refractivity contribution in [2.24, 2.45) is 0 Å². The topological polar surface area (TPSA) is 29.1 Å². The Balaban J connectivity index is 1.95. The van der Waals surface area contributed by atoms with Gasteiger partial charge in [0.2, 0.25) is 0 Å². The summed E-state index contributed by atoms with van der Waals surface area (Å²) in [7, 11) is 0. The summed E-state index contributed by atoms with van der Waals surface area (Å²) in [4.78, 5) is 12.7. The molecule has 1 amide bonds. The van der Waals surface area contributed by atoms with Crippen LogP contribution >= 0.6 is 12.2 Å². The monoisotopic (exact) mass is 243 g/mol. The van der Waals surface area contributed by atoms with Crippen molar-refractivity contribution in [3.8, 4) is 0 Å². The van der Waals surface area contributed by atoms with Crippen molar-refractivity contribution in [1.29, 1.82) is 0 Å². The predicted molar refractivity (Wildman–Crippen MR) is 73.2 cm³/mol. The van der Waals surface area contributed by atoms with Crippen LogP contribution in [0.4, 0.5) is 0 Å². The molecule has 0 aromatic heterocycles. The first-order chi connectivity index (χ1) is 8.27. The van der Waals surface area contributed by atoms with E-state index in [9.17, 15) is 4.79 Å². The molecule has 1 aromatic rings. The third-order valence-electron chi connectivity index (χ3n) is 2.57. The molecule has 0 saturated carbocycles. The van der Waals surface area contributed by atoms with Gasteiger partial charge in [-0.25, -0.2) is 0 Å². The zero-order chi connectivity index (χ0) is 12.1. The lowest BCUT2D eigenvalue weighted by molar-refractivity contribution is 0.0957. The van der Waals surface area contributed by atoms with Crippen LogP contribution in [-0.4, -0.2) is 17.3 Å². The molecule has 0 bridgehead atoms. The molecule has 0 aliphatic heterocycles. The Bertz CT molecular complexity index is 488. The minimum Gasteiger partial charge on any atom is -0.348 e. The van der Waals surface area contributed by atoms with E-state index in [-0.39, 0.29) is 5.91 Å². The van der Waals surface area contributed by atoms with Crippen LogP contribution in [0.5, 0.6) is 0 Å². The standard InChI is InChI=1S/C14H13NOS/c16-14(11-6-2-1-3-7-11)15-10-12-8-4-5-9-13(12)17/h1-8H,9-10H2,(H,15,16).